The van der Waals surface area contributed by atoms with Gasteiger partial charge >= 0.3 is 5.92 Å². The minimum atomic E-state index is -3.55. The number of hydrogen-bond acceptors (Lipinski definition) is 5. The van der Waals surface area contributed by atoms with Gasteiger partial charge in [-0.05, 0) is 35.4 Å². The largest absolute Gasteiger partial charge is 0.481 e. The van der Waals surface area contributed by atoms with E-state index in [1.54, 1.807) is 30.5 Å². The number of halogens is 2. The van der Waals surface area contributed by atoms with Gasteiger partial charge in [-0.2, -0.15) is 13.9 Å². The topological polar surface area (TPSA) is 89.4 Å². The zero-order valence-corrected chi connectivity index (χ0v) is 20.3. The number of rotatable bonds is 7. The standard InChI is InChI=1S/C27H25F2N5O3/c1-27(28,29)26(36)32-21-14-24(35)34(25(21)18-6-4-3-5-7-18)20-8-9-22-19(13-20)15-31-33(22)16-17-10-11-30-23(12-17)37-2/h3-13,15,21,25H,14,16H2,1-2H3,(H,32,36). The molecule has 4 aromatic rings. The van der Waals surface area contributed by atoms with Gasteiger partial charge in [0.1, 0.15) is 0 Å². The number of nitrogens with one attached hydrogen (secondary N) is 1. The number of hydrogen-bond donors (Lipinski definition) is 1. The fourth-order valence-corrected chi connectivity index (χ4v) is 4.68. The zero-order chi connectivity index (χ0) is 26.2. The van der Waals surface area contributed by atoms with E-state index < -0.39 is 23.9 Å². The molecular weight excluding hydrogens is 480 g/mol. The molecule has 2 aromatic carbocycles. The molecule has 0 radical (unpaired) electrons. The van der Waals surface area contributed by atoms with Crippen molar-refractivity contribution in [3.8, 4) is 5.88 Å². The molecular formula is C27H25F2N5O3. The lowest BCUT2D eigenvalue weighted by atomic mass is 9.99. The number of nitrogens with zero attached hydrogens (tertiary/aromatic N) is 4. The highest BCUT2D eigenvalue weighted by Gasteiger charge is 2.45. The minimum absolute atomic E-state index is 0.0947. The highest BCUT2D eigenvalue weighted by Crippen LogP contribution is 2.38. The third-order valence-corrected chi connectivity index (χ3v) is 6.42. The summed E-state index contributed by atoms with van der Waals surface area (Å²) < 4.78 is 34.4. The van der Waals surface area contributed by atoms with Crippen LogP contribution in [0.1, 0.15) is 30.5 Å². The Kier molecular flexibility index (Phi) is 6.32. The van der Waals surface area contributed by atoms with Crippen LogP contribution in [0, 0.1) is 0 Å². The second-order valence-electron chi connectivity index (χ2n) is 9.04. The number of aromatic nitrogens is 3. The van der Waals surface area contributed by atoms with Crippen molar-refractivity contribution >= 4 is 28.4 Å². The molecule has 8 nitrogen and oxygen atoms in total. The molecule has 2 aromatic heterocycles. The number of amides is 2. The van der Waals surface area contributed by atoms with Crippen molar-refractivity contribution in [3.63, 3.8) is 0 Å². The Morgan fingerprint density at radius 1 is 1.16 bits per heavy atom. The van der Waals surface area contributed by atoms with Gasteiger partial charge in [-0.15, -0.1) is 0 Å². The summed E-state index contributed by atoms with van der Waals surface area (Å²) in [6.45, 7) is 1.04. The van der Waals surface area contributed by atoms with Crippen LogP contribution in [0.2, 0.25) is 0 Å². The molecule has 0 spiro atoms. The molecule has 3 heterocycles. The van der Waals surface area contributed by atoms with Crippen molar-refractivity contribution in [2.24, 2.45) is 0 Å². The van der Waals surface area contributed by atoms with Crippen LogP contribution in [0.5, 0.6) is 5.88 Å². The summed E-state index contributed by atoms with van der Waals surface area (Å²) in [7, 11) is 1.56. The Morgan fingerprint density at radius 3 is 2.68 bits per heavy atom. The molecule has 1 aliphatic rings. The molecule has 1 fully saturated rings. The minimum Gasteiger partial charge on any atom is -0.481 e. The van der Waals surface area contributed by atoms with Crippen LogP contribution in [0.25, 0.3) is 10.9 Å². The molecule has 1 saturated heterocycles. The van der Waals surface area contributed by atoms with E-state index in [2.05, 4.69) is 15.4 Å². The molecule has 2 amide bonds. The van der Waals surface area contributed by atoms with Gasteiger partial charge in [-0.25, -0.2) is 4.98 Å². The molecule has 2 unspecified atom stereocenters. The van der Waals surface area contributed by atoms with Crippen LogP contribution in [0.15, 0.2) is 73.1 Å². The number of ether oxygens (including phenoxy) is 1. The second-order valence-corrected chi connectivity index (χ2v) is 9.04. The van der Waals surface area contributed by atoms with E-state index in [1.807, 2.05) is 59.3 Å². The monoisotopic (exact) mass is 505 g/mol. The molecule has 2 atom stereocenters. The molecule has 10 heteroatoms. The Balaban J connectivity index is 1.48. The van der Waals surface area contributed by atoms with Crippen molar-refractivity contribution in [1.82, 2.24) is 20.1 Å². The second kappa shape index (κ2) is 9.61. The third-order valence-electron chi connectivity index (χ3n) is 6.42. The Morgan fingerprint density at radius 2 is 1.95 bits per heavy atom. The maximum atomic E-state index is 13.7. The number of pyridine rings is 1. The zero-order valence-electron chi connectivity index (χ0n) is 20.3. The van der Waals surface area contributed by atoms with E-state index in [9.17, 15) is 18.4 Å². The first kappa shape index (κ1) is 24.4. The van der Waals surface area contributed by atoms with Gasteiger partial charge in [-0.3, -0.25) is 14.3 Å². The predicted molar refractivity (Wildman–Crippen MR) is 133 cm³/mol. The smallest absolute Gasteiger partial charge is 0.321 e. The molecule has 1 N–H and O–H groups in total. The van der Waals surface area contributed by atoms with Crippen LogP contribution in [0.4, 0.5) is 14.5 Å². The lowest BCUT2D eigenvalue weighted by Gasteiger charge is -2.29. The fraction of sp³-hybridized carbons (Fsp3) is 0.259. The summed E-state index contributed by atoms with van der Waals surface area (Å²) in [5.41, 5.74) is 3.15. The van der Waals surface area contributed by atoms with Crippen LogP contribution in [0.3, 0.4) is 0 Å². The van der Waals surface area contributed by atoms with E-state index in [4.69, 9.17) is 4.74 Å². The van der Waals surface area contributed by atoms with Gasteiger partial charge < -0.3 is 15.0 Å². The molecule has 0 aliphatic carbocycles. The molecule has 5 rings (SSSR count). The summed E-state index contributed by atoms with van der Waals surface area (Å²) in [5, 5.41) is 7.71. The van der Waals surface area contributed by atoms with Crippen LogP contribution in [-0.2, 0) is 16.1 Å². The summed E-state index contributed by atoms with van der Waals surface area (Å²) in [6.07, 6.45) is 3.29. The van der Waals surface area contributed by atoms with Gasteiger partial charge in [0.05, 0.1) is 37.5 Å². The fourth-order valence-electron chi connectivity index (χ4n) is 4.68. The number of methoxy groups -OCH3 is 1. The average molecular weight is 506 g/mol. The van der Waals surface area contributed by atoms with Crippen LogP contribution in [-0.4, -0.2) is 45.7 Å². The van der Waals surface area contributed by atoms with Gasteiger partial charge in [-0.1, -0.05) is 30.3 Å². The first-order valence-corrected chi connectivity index (χ1v) is 11.7. The molecule has 190 valence electrons. The Bertz CT molecular complexity index is 1450. The van der Waals surface area contributed by atoms with Gasteiger partial charge in [0.2, 0.25) is 11.8 Å². The Hall–Kier alpha value is -4.34. The van der Waals surface area contributed by atoms with E-state index >= 15 is 0 Å². The highest BCUT2D eigenvalue weighted by atomic mass is 19.3. The van der Waals surface area contributed by atoms with Crippen molar-refractivity contribution in [1.29, 1.82) is 0 Å². The molecule has 0 bridgehead atoms. The SMILES string of the molecule is COc1cc(Cn2ncc3cc(N4C(=O)CC(NC(=O)C(C)(F)F)C4c4ccccc4)ccc32)ccn1. The first-order valence-electron chi connectivity index (χ1n) is 11.7. The normalized spacial score (nSPS) is 17.8. The maximum Gasteiger partial charge on any atom is 0.321 e. The van der Waals surface area contributed by atoms with E-state index in [0.717, 1.165) is 22.0 Å². The van der Waals surface area contributed by atoms with Crippen molar-refractivity contribution in [3.05, 3.63) is 84.2 Å². The van der Waals surface area contributed by atoms with E-state index in [-0.39, 0.29) is 12.3 Å². The van der Waals surface area contributed by atoms with Crippen molar-refractivity contribution < 1.29 is 23.1 Å². The predicted octanol–water partition coefficient (Wildman–Crippen LogP) is 4.11. The van der Waals surface area contributed by atoms with Crippen LogP contribution < -0.4 is 15.0 Å². The molecule has 1 aliphatic heterocycles. The number of anilines is 1. The average Bonchev–Trinajstić information content (AvgIpc) is 3.43. The first-order chi connectivity index (χ1) is 17.7. The molecule has 37 heavy (non-hydrogen) atoms. The van der Waals surface area contributed by atoms with E-state index in [1.165, 1.54) is 0 Å². The quantitative estimate of drug-likeness (QED) is 0.409. The third kappa shape index (κ3) is 4.87. The number of carbonyl (C=O) groups is 2. The number of carbonyl (C=O) groups excluding carboxylic acids is 2. The van der Waals surface area contributed by atoms with Crippen LogP contribution >= 0.6 is 0 Å². The summed E-state index contributed by atoms with van der Waals surface area (Å²) in [4.78, 5) is 31.0. The summed E-state index contributed by atoms with van der Waals surface area (Å²) in [5.74, 6) is -4.71. The summed E-state index contributed by atoms with van der Waals surface area (Å²) >= 11 is 0. The van der Waals surface area contributed by atoms with Gasteiger partial charge in [0, 0.05) is 36.7 Å². The van der Waals surface area contributed by atoms with Crippen molar-refractivity contribution in [2.75, 3.05) is 12.0 Å². The number of benzene rings is 2. The van der Waals surface area contributed by atoms with Gasteiger partial charge in [0.15, 0.2) is 0 Å². The van der Waals surface area contributed by atoms with Gasteiger partial charge in [0.25, 0.3) is 5.91 Å². The number of fused-ring (bicyclic) bond motifs is 1. The Labute approximate surface area is 211 Å². The highest BCUT2D eigenvalue weighted by molar-refractivity contribution is 6.00. The maximum absolute atomic E-state index is 13.7. The lowest BCUT2D eigenvalue weighted by molar-refractivity contribution is -0.143. The lowest BCUT2D eigenvalue weighted by Crippen LogP contribution is -2.46. The molecule has 0 saturated carbocycles. The van der Waals surface area contributed by atoms with E-state index in [0.29, 0.717) is 25.0 Å². The summed E-state index contributed by atoms with van der Waals surface area (Å²) in [6, 6.07) is 16.9. The number of alkyl halides is 2. The van der Waals surface area contributed by atoms with Crippen molar-refractivity contribution in [2.45, 2.75) is 37.9 Å².